The van der Waals surface area contributed by atoms with Crippen molar-refractivity contribution in [2.75, 3.05) is 6.61 Å². The summed E-state index contributed by atoms with van der Waals surface area (Å²) in [6.45, 7) is 6.42. The lowest BCUT2D eigenvalue weighted by Crippen LogP contribution is -2.13. The Kier molecular flexibility index (Phi) is 7.29. The number of hydrogen-bond donors (Lipinski definition) is 1. The number of nitrogens with one attached hydrogen (secondary N) is 1. The van der Waals surface area contributed by atoms with Crippen molar-refractivity contribution in [1.29, 1.82) is 0 Å². The van der Waals surface area contributed by atoms with Crippen LogP contribution in [0, 0.1) is 6.92 Å². The van der Waals surface area contributed by atoms with Gasteiger partial charge in [-0.25, -0.2) is 0 Å². The predicted octanol–water partition coefficient (Wildman–Crippen LogP) is 5.31. The van der Waals surface area contributed by atoms with E-state index in [4.69, 9.17) is 21.1 Å². The molecule has 3 aromatic rings. The number of aryl methyl sites for hydroxylation is 1. The highest BCUT2D eigenvalue weighted by Gasteiger charge is 2.13. The number of nitrogens with zero attached hydrogens (tertiary/aromatic N) is 1. The third kappa shape index (κ3) is 5.72. The van der Waals surface area contributed by atoms with Gasteiger partial charge in [0.05, 0.1) is 11.6 Å². The Labute approximate surface area is 171 Å². The van der Waals surface area contributed by atoms with E-state index in [0.29, 0.717) is 36.3 Å². The minimum atomic E-state index is 0.445. The first-order valence-corrected chi connectivity index (χ1v) is 9.76. The maximum atomic E-state index is 6.52. The normalized spacial score (nSPS) is 10.7. The van der Waals surface area contributed by atoms with E-state index in [9.17, 15) is 0 Å². The quantitative estimate of drug-likeness (QED) is 0.532. The molecule has 4 nitrogen and oxygen atoms in total. The lowest BCUT2D eigenvalue weighted by molar-refractivity contribution is 0.269. The molecule has 0 aliphatic heterocycles. The smallest absolute Gasteiger partial charge is 0.180 e. The van der Waals surface area contributed by atoms with Crippen molar-refractivity contribution in [1.82, 2.24) is 10.3 Å². The molecular formula is C23H25ClN2O2. The minimum absolute atomic E-state index is 0.445. The van der Waals surface area contributed by atoms with Gasteiger partial charge in [0.1, 0.15) is 6.61 Å². The lowest BCUT2D eigenvalue weighted by atomic mass is 10.1. The summed E-state index contributed by atoms with van der Waals surface area (Å²) in [7, 11) is 0. The van der Waals surface area contributed by atoms with E-state index in [2.05, 4.69) is 29.4 Å². The molecule has 0 atom stereocenters. The summed E-state index contributed by atoms with van der Waals surface area (Å²) < 4.78 is 11.8. The maximum Gasteiger partial charge on any atom is 0.180 e. The Bertz CT molecular complexity index is 900. The van der Waals surface area contributed by atoms with Crippen LogP contribution in [0.3, 0.4) is 0 Å². The third-order valence-corrected chi connectivity index (χ3v) is 4.50. The molecule has 0 saturated carbocycles. The largest absolute Gasteiger partial charge is 0.490 e. The molecule has 0 aliphatic rings. The first kappa shape index (κ1) is 20.2. The fraction of sp³-hybridized carbons (Fsp3) is 0.261. The highest BCUT2D eigenvalue weighted by Crippen LogP contribution is 2.37. The van der Waals surface area contributed by atoms with Crippen LogP contribution in [0.4, 0.5) is 0 Å². The molecule has 0 bridgehead atoms. The number of pyridine rings is 1. The molecule has 0 radical (unpaired) electrons. The van der Waals surface area contributed by atoms with Gasteiger partial charge < -0.3 is 14.8 Å². The van der Waals surface area contributed by atoms with E-state index in [-0.39, 0.29) is 0 Å². The standard InChI is InChI=1S/C23H25ClN2O2/c1-3-27-22-12-20(15-26-14-19-8-5-9-25-13-19)11-21(24)23(22)28-16-18-7-4-6-17(2)10-18/h4-13,26H,3,14-16H2,1-2H3. The second kappa shape index (κ2) is 10.1. The molecule has 0 unspecified atom stereocenters. The van der Waals surface area contributed by atoms with Crippen molar-refractivity contribution >= 4 is 11.6 Å². The molecule has 0 amide bonds. The maximum absolute atomic E-state index is 6.52. The van der Waals surface area contributed by atoms with E-state index < -0.39 is 0 Å². The van der Waals surface area contributed by atoms with Gasteiger partial charge in [-0.05, 0) is 48.7 Å². The highest BCUT2D eigenvalue weighted by atomic mass is 35.5. The minimum Gasteiger partial charge on any atom is -0.490 e. The average molecular weight is 397 g/mol. The van der Waals surface area contributed by atoms with Crippen LogP contribution in [-0.2, 0) is 19.7 Å². The van der Waals surface area contributed by atoms with Crippen LogP contribution in [0.15, 0.2) is 60.9 Å². The Morgan fingerprint density at radius 2 is 1.79 bits per heavy atom. The second-order valence-corrected chi connectivity index (χ2v) is 6.99. The van der Waals surface area contributed by atoms with Gasteiger partial charge in [-0.1, -0.05) is 47.5 Å². The fourth-order valence-electron chi connectivity index (χ4n) is 2.94. The molecule has 1 heterocycles. The molecule has 5 heteroatoms. The van der Waals surface area contributed by atoms with Crippen LogP contribution >= 0.6 is 11.6 Å². The third-order valence-electron chi connectivity index (χ3n) is 4.22. The zero-order chi connectivity index (χ0) is 19.8. The van der Waals surface area contributed by atoms with Crippen molar-refractivity contribution in [3.05, 3.63) is 88.2 Å². The van der Waals surface area contributed by atoms with E-state index in [1.807, 2.05) is 49.5 Å². The molecule has 0 fully saturated rings. The average Bonchev–Trinajstić information content (AvgIpc) is 2.68. The molecule has 0 saturated heterocycles. The highest BCUT2D eigenvalue weighted by molar-refractivity contribution is 6.32. The van der Waals surface area contributed by atoms with Crippen LogP contribution < -0.4 is 14.8 Å². The Morgan fingerprint density at radius 1 is 0.964 bits per heavy atom. The number of aromatic nitrogens is 1. The van der Waals surface area contributed by atoms with Crippen LogP contribution in [0.5, 0.6) is 11.5 Å². The zero-order valence-electron chi connectivity index (χ0n) is 16.2. The summed E-state index contributed by atoms with van der Waals surface area (Å²) in [6, 6.07) is 16.1. The Morgan fingerprint density at radius 3 is 2.54 bits per heavy atom. The van der Waals surface area contributed by atoms with Crippen molar-refractivity contribution in [2.45, 2.75) is 33.5 Å². The number of hydrogen-bond acceptors (Lipinski definition) is 4. The molecule has 0 spiro atoms. The van der Waals surface area contributed by atoms with Crippen LogP contribution in [0.2, 0.25) is 5.02 Å². The van der Waals surface area contributed by atoms with Crippen LogP contribution in [-0.4, -0.2) is 11.6 Å². The van der Waals surface area contributed by atoms with Gasteiger partial charge in [0.2, 0.25) is 0 Å². The molecule has 2 aromatic carbocycles. The first-order valence-electron chi connectivity index (χ1n) is 9.39. The van der Waals surface area contributed by atoms with Crippen molar-refractivity contribution in [3.8, 4) is 11.5 Å². The first-order chi connectivity index (χ1) is 13.7. The summed E-state index contributed by atoms with van der Waals surface area (Å²) in [6.07, 6.45) is 3.63. The fourth-order valence-corrected chi connectivity index (χ4v) is 3.23. The SMILES string of the molecule is CCOc1cc(CNCc2cccnc2)cc(Cl)c1OCc1cccc(C)c1. The van der Waals surface area contributed by atoms with Gasteiger partial charge in [-0.15, -0.1) is 0 Å². The predicted molar refractivity (Wildman–Crippen MR) is 113 cm³/mol. The van der Waals surface area contributed by atoms with E-state index in [1.165, 1.54) is 5.56 Å². The van der Waals surface area contributed by atoms with Gasteiger partial charge in [0, 0.05) is 25.5 Å². The van der Waals surface area contributed by atoms with E-state index in [1.54, 1.807) is 6.20 Å². The molecule has 1 N–H and O–H groups in total. The van der Waals surface area contributed by atoms with Gasteiger partial charge in [-0.2, -0.15) is 0 Å². The number of ether oxygens (including phenoxy) is 2. The lowest BCUT2D eigenvalue weighted by Gasteiger charge is -2.16. The van der Waals surface area contributed by atoms with Crippen molar-refractivity contribution in [2.24, 2.45) is 0 Å². The summed E-state index contributed by atoms with van der Waals surface area (Å²) >= 11 is 6.52. The Balaban J connectivity index is 1.68. The summed E-state index contributed by atoms with van der Waals surface area (Å²) in [4.78, 5) is 4.13. The van der Waals surface area contributed by atoms with Crippen molar-refractivity contribution < 1.29 is 9.47 Å². The molecule has 3 rings (SSSR count). The Hall–Kier alpha value is -2.56. The van der Waals surface area contributed by atoms with Gasteiger partial charge in [-0.3, -0.25) is 4.98 Å². The molecule has 28 heavy (non-hydrogen) atoms. The summed E-state index contributed by atoms with van der Waals surface area (Å²) in [5.74, 6) is 1.25. The topological polar surface area (TPSA) is 43.4 Å². The van der Waals surface area contributed by atoms with E-state index >= 15 is 0 Å². The summed E-state index contributed by atoms with van der Waals surface area (Å²) in [5, 5.41) is 3.96. The van der Waals surface area contributed by atoms with E-state index in [0.717, 1.165) is 23.2 Å². The number of benzene rings is 2. The molecule has 1 aromatic heterocycles. The van der Waals surface area contributed by atoms with Crippen LogP contribution in [0.25, 0.3) is 0 Å². The zero-order valence-corrected chi connectivity index (χ0v) is 17.0. The van der Waals surface area contributed by atoms with Gasteiger partial charge >= 0.3 is 0 Å². The number of halogens is 1. The van der Waals surface area contributed by atoms with Crippen molar-refractivity contribution in [3.63, 3.8) is 0 Å². The second-order valence-electron chi connectivity index (χ2n) is 6.58. The number of rotatable bonds is 9. The monoisotopic (exact) mass is 396 g/mol. The molecular weight excluding hydrogens is 372 g/mol. The van der Waals surface area contributed by atoms with Gasteiger partial charge in [0.25, 0.3) is 0 Å². The van der Waals surface area contributed by atoms with Crippen LogP contribution in [0.1, 0.15) is 29.2 Å². The molecule has 0 aliphatic carbocycles. The van der Waals surface area contributed by atoms with Gasteiger partial charge in [0.15, 0.2) is 11.5 Å². The summed E-state index contributed by atoms with van der Waals surface area (Å²) in [5.41, 5.74) is 4.48. The molecule has 146 valence electrons.